The Morgan fingerprint density at radius 2 is 1.84 bits per heavy atom. The summed E-state index contributed by atoms with van der Waals surface area (Å²) in [5, 5.41) is 21.9. The van der Waals surface area contributed by atoms with E-state index in [0.717, 1.165) is 13.1 Å². The second-order valence-corrected chi connectivity index (χ2v) is 6.58. The van der Waals surface area contributed by atoms with Crippen molar-refractivity contribution >= 4 is 0 Å². The fraction of sp³-hybridized carbons (Fsp3) is 1.00. The molecule has 0 amide bonds. The Kier molecular flexibility index (Phi) is 7.29. The van der Waals surface area contributed by atoms with Gasteiger partial charge in [-0.2, -0.15) is 0 Å². The lowest BCUT2D eigenvalue weighted by Gasteiger charge is -2.43. The van der Waals surface area contributed by atoms with Crippen molar-refractivity contribution in [2.75, 3.05) is 39.4 Å². The molecule has 0 heterocycles. The molecule has 2 unspecified atom stereocenters. The van der Waals surface area contributed by atoms with Crippen molar-refractivity contribution in [3.8, 4) is 0 Å². The quantitative estimate of drug-likeness (QED) is 0.619. The summed E-state index contributed by atoms with van der Waals surface area (Å²) in [5.74, 6) is 0.613. The Morgan fingerprint density at radius 1 is 1.21 bits per heavy atom. The second kappa shape index (κ2) is 8.20. The van der Waals surface area contributed by atoms with Crippen LogP contribution in [-0.4, -0.2) is 60.5 Å². The third kappa shape index (κ3) is 5.78. The van der Waals surface area contributed by atoms with Gasteiger partial charge in [-0.05, 0) is 37.1 Å². The third-order valence-corrected chi connectivity index (χ3v) is 4.31. The standard InChI is InChI=1S/C15H32N2O2/c1-4-16-14-5-6-15(2,3)11-13(14)12-17(7-9-18)8-10-19/h13-14,16,18-19H,4-12H2,1-3H3. The molecule has 1 fully saturated rings. The van der Waals surface area contributed by atoms with Crippen LogP contribution in [0.25, 0.3) is 0 Å². The van der Waals surface area contributed by atoms with Crippen molar-refractivity contribution in [1.29, 1.82) is 0 Å². The summed E-state index contributed by atoms with van der Waals surface area (Å²) in [7, 11) is 0. The van der Waals surface area contributed by atoms with Crippen LogP contribution < -0.4 is 5.32 Å². The van der Waals surface area contributed by atoms with Crippen LogP contribution in [0, 0.1) is 11.3 Å². The smallest absolute Gasteiger partial charge is 0.0558 e. The van der Waals surface area contributed by atoms with Crippen molar-refractivity contribution in [2.45, 2.75) is 46.1 Å². The van der Waals surface area contributed by atoms with E-state index in [2.05, 4.69) is 31.0 Å². The van der Waals surface area contributed by atoms with Gasteiger partial charge in [-0.1, -0.05) is 20.8 Å². The van der Waals surface area contributed by atoms with Gasteiger partial charge in [0.05, 0.1) is 13.2 Å². The van der Waals surface area contributed by atoms with Gasteiger partial charge >= 0.3 is 0 Å². The first kappa shape index (κ1) is 16.9. The number of nitrogens with one attached hydrogen (secondary N) is 1. The number of hydrogen-bond acceptors (Lipinski definition) is 4. The van der Waals surface area contributed by atoms with Gasteiger partial charge in [0.1, 0.15) is 0 Å². The van der Waals surface area contributed by atoms with E-state index >= 15 is 0 Å². The molecule has 1 aliphatic rings. The molecule has 114 valence electrons. The molecule has 1 aliphatic carbocycles. The highest BCUT2D eigenvalue weighted by Gasteiger charge is 2.35. The Hall–Kier alpha value is -0.160. The van der Waals surface area contributed by atoms with Crippen LogP contribution in [-0.2, 0) is 0 Å². The first-order chi connectivity index (χ1) is 9.02. The number of nitrogens with zero attached hydrogens (tertiary/aromatic N) is 1. The van der Waals surface area contributed by atoms with Crippen LogP contribution in [0.3, 0.4) is 0 Å². The molecule has 0 radical (unpaired) electrons. The highest BCUT2D eigenvalue weighted by Crippen LogP contribution is 2.39. The van der Waals surface area contributed by atoms with E-state index in [9.17, 15) is 0 Å². The molecule has 0 bridgehead atoms. The molecule has 0 aromatic rings. The fourth-order valence-corrected chi connectivity index (χ4v) is 3.37. The maximum absolute atomic E-state index is 9.13. The van der Waals surface area contributed by atoms with Gasteiger partial charge < -0.3 is 15.5 Å². The van der Waals surface area contributed by atoms with E-state index in [1.165, 1.54) is 19.3 Å². The molecular formula is C15H32N2O2. The molecule has 4 nitrogen and oxygen atoms in total. The molecule has 0 saturated heterocycles. The van der Waals surface area contributed by atoms with Crippen LogP contribution in [0.1, 0.15) is 40.0 Å². The minimum Gasteiger partial charge on any atom is -0.395 e. The number of hydrogen-bond donors (Lipinski definition) is 3. The van der Waals surface area contributed by atoms with Crippen LogP contribution >= 0.6 is 0 Å². The van der Waals surface area contributed by atoms with Gasteiger partial charge in [-0.15, -0.1) is 0 Å². The van der Waals surface area contributed by atoms with E-state index in [0.29, 0.717) is 30.5 Å². The van der Waals surface area contributed by atoms with Crippen LogP contribution in [0.2, 0.25) is 0 Å². The average Bonchev–Trinajstić information content (AvgIpc) is 2.33. The van der Waals surface area contributed by atoms with Crippen molar-refractivity contribution in [2.24, 2.45) is 11.3 Å². The maximum atomic E-state index is 9.13. The molecule has 2 atom stereocenters. The zero-order valence-electron chi connectivity index (χ0n) is 12.9. The summed E-state index contributed by atoms with van der Waals surface area (Å²) in [6, 6.07) is 0.581. The van der Waals surface area contributed by atoms with E-state index in [4.69, 9.17) is 10.2 Å². The van der Waals surface area contributed by atoms with Crippen LogP contribution in [0.4, 0.5) is 0 Å². The summed E-state index contributed by atoms with van der Waals surface area (Å²) in [6.45, 7) is 10.5. The largest absolute Gasteiger partial charge is 0.395 e. The Labute approximate surface area is 118 Å². The first-order valence-electron chi connectivity index (χ1n) is 7.70. The molecule has 0 aromatic heterocycles. The molecule has 0 aromatic carbocycles. The van der Waals surface area contributed by atoms with Gasteiger partial charge in [0.25, 0.3) is 0 Å². The first-order valence-corrected chi connectivity index (χ1v) is 7.70. The SMILES string of the molecule is CCNC1CCC(C)(C)CC1CN(CCO)CCO. The highest BCUT2D eigenvalue weighted by atomic mass is 16.3. The summed E-state index contributed by atoms with van der Waals surface area (Å²) < 4.78 is 0. The molecule has 1 saturated carbocycles. The van der Waals surface area contributed by atoms with Crippen LogP contribution in [0.15, 0.2) is 0 Å². The van der Waals surface area contributed by atoms with E-state index in [1.807, 2.05) is 0 Å². The minimum atomic E-state index is 0.169. The highest BCUT2D eigenvalue weighted by molar-refractivity contribution is 4.90. The number of aliphatic hydroxyl groups excluding tert-OH is 2. The predicted octanol–water partition coefficient (Wildman–Crippen LogP) is 1.08. The molecular weight excluding hydrogens is 240 g/mol. The van der Waals surface area contributed by atoms with Crippen molar-refractivity contribution in [3.63, 3.8) is 0 Å². The molecule has 3 N–H and O–H groups in total. The topological polar surface area (TPSA) is 55.7 Å². The van der Waals surface area contributed by atoms with Crippen molar-refractivity contribution in [3.05, 3.63) is 0 Å². The lowest BCUT2D eigenvalue weighted by Crippen LogP contribution is -2.48. The Morgan fingerprint density at radius 3 is 2.37 bits per heavy atom. The third-order valence-electron chi connectivity index (χ3n) is 4.31. The van der Waals surface area contributed by atoms with E-state index in [1.54, 1.807) is 0 Å². The molecule has 4 heteroatoms. The fourth-order valence-electron chi connectivity index (χ4n) is 3.37. The lowest BCUT2D eigenvalue weighted by molar-refractivity contribution is 0.0825. The lowest BCUT2D eigenvalue weighted by atomic mass is 9.69. The Balaban J connectivity index is 2.61. The maximum Gasteiger partial charge on any atom is 0.0558 e. The van der Waals surface area contributed by atoms with E-state index in [-0.39, 0.29) is 13.2 Å². The van der Waals surface area contributed by atoms with Gasteiger partial charge in [0, 0.05) is 25.7 Å². The molecule has 0 aliphatic heterocycles. The van der Waals surface area contributed by atoms with E-state index < -0.39 is 0 Å². The molecule has 1 rings (SSSR count). The van der Waals surface area contributed by atoms with Gasteiger partial charge in [0.2, 0.25) is 0 Å². The predicted molar refractivity (Wildman–Crippen MR) is 79.2 cm³/mol. The summed E-state index contributed by atoms with van der Waals surface area (Å²) in [4.78, 5) is 2.19. The van der Waals surface area contributed by atoms with Gasteiger partial charge in [0.15, 0.2) is 0 Å². The molecule has 0 spiro atoms. The monoisotopic (exact) mass is 272 g/mol. The normalized spacial score (nSPS) is 26.8. The number of rotatable bonds is 8. The van der Waals surface area contributed by atoms with Crippen LogP contribution in [0.5, 0.6) is 0 Å². The zero-order chi connectivity index (χ0) is 14.3. The number of aliphatic hydroxyl groups is 2. The zero-order valence-corrected chi connectivity index (χ0v) is 12.9. The Bertz CT molecular complexity index is 240. The average molecular weight is 272 g/mol. The summed E-state index contributed by atoms with van der Waals surface area (Å²) in [5.41, 5.74) is 0.417. The summed E-state index contributed by atoms with van der Waals surface area (Å²) in [6.07, 6.45) is 3.73. The summed E-state index contributed by atoms with van der Waals surface area (Å²) >= 11 is 0. The minimum absolute atomic E-state index is 0.169. The van der Waals surface area contributed by atoms with Gasteiger partial charge in [-0.25, -0.2) is 0 Å². The van der Waals surface area contributed by atoms with Crippen molar-refractivity contribution in [1.82, 2.24) is 10.2 Å². The second-order valence-electron chi connectivity index (χ2n) is 6.58. The van der Waals surface area contributed by atoms with Gasteiger partial charge in [-0.3, -0.25) is 4.90 Å². The van der Waals surface area contributed by atoms with Crippen molar-refractivity contribution < 1.29 is 10.2 Å². The molecule has 19 heavy (non-hydrogen) atoms.